The molecule has 0 saturated carbocycles. The van der Waals surface area contributed by atoms with Gasteiger partial charge in [0.25, 0.3) is 0 Å². The summed E-state index contributed by atoms with van der Waals surface area (Å²) in [4.78, 5) is 51.3. The Labute approximate surface area is 165 Å². The Morgan fingerprint density at radius 3 is 0.600 bits per heavy atom. The van der Waals surface area contributed by atoms with E-state index in [0.717, 1.165) is 0 Å². The van der Waals surface area contributed by atoms with Crippen molar-refractivity contribution < 1.29 is 96.9 Å². The summed E-state index contributed by atoms with van der Waals surface area (Å²) in [6.07, 6.45) is 0. The van der Waals surface area contributed by atoms with Crippen molar-refractivity contribution >= 4 is 70.7 Å². The minimum Gasteiger partial charge on any atom is 2.00 e. The van der Waals surface area contributed by atoms with Crippen molar-refractivity contribution in [2.24, 2.45) is 0 Å². The molecule has 71 valence electrons. The molecule has 0 saturated heterocycles. The zero-order chi connectivity index (χ0) is 9.00. The van der Waals surface area contributed by atoms with Crippen LogP contribution in [0.25, 0.3) is 0 Å². The second kappa shape index (κ2) is 20.2. The average Bonchev–Trinajstić information content (AvgIpc) is 1.12. The van der Waals surface area contributed by atoms with E-state index in [-0.39, 0.29) is 114 Å². The Morgan fingerprint density at radius 1 is 0.600 bits per heavy atom. The third-order valence-electron chi connectivity index (χ3n) is 0. The second-order valence-corrected chi connectivity index (χ2v) is 2.68. The molecular weight excluding hydrogens is 453 g/mol. The SMILES string of the molecule is O=P([O-])([O-])[O-].O=P([O-])([O-])[O-].[Al].[CaH2].[Zn+2].[Zn+2].[Zn+2]. The maximum absolute atomic E-state index is 8.55. The Hall–Kier alpha value is 3.88. The first-order valence-electron chi connectivity index (χ1n) is 1.46. The predicted octanol–water partition coefficient (Wildman–Crippen LogP) is -6.95. The molecule has 0 aliphatic heterocycles. The van der Waals surface area contributed by atoms with Crippen LogP contribution < -0.4 is 29.4 Å². The number of hydrogen-bond donors (Lipinski definition) is 0. The molecule has 0 heterocycles. The van der Waals surface area contributed by atoms with Gasteiger partial charge in [-0.05, 0) is 0 Å². The van der Waals surface area contributed by atoms with Gasteiger partial charge in [-0.25, -0.2) is 0 Å². The van der Waals surface area contributed by atoms with E-state index in [1.807, 2.05) is 0 Å². The zero-order valence-electron chi connectivity index (χ0n) is 6.86. The Balaban J connectivity index is -0.0000000128. The van der Waals surface area contributed by atoms with Gasteiger partial charge in [-0.2, -0.15) is 15.6 Å². The number of phosphoric acid groups is 2. The quantitative estimate of drug-likeness (QED) is 0.256. The van der Waals surface area contributed by atoms with Gasteiger partial charge >= 0.3 is 96.2 Å². The van der Waals surface area contributed by atoms with Crippen molar-refractivity contribution in [3.63, 3.8) is 0 Å². The maximum Gasteiger partial charge on any atom is 2.00 e. The van der Waals surface area contributed by atoms with Gasteiger partial charge in [-0.15, -0.1) is 0 Å². The smallest absolute Gasteiger partial charge is 2.00 e. The molecule has 15 heavy (non-hydrogen) atoms. The Morgan fingerprint density at radius 2 is 0.600 bits per heavy atom. The minimum atomic E-state index is -5.39. The van der Waals surface area contributed by atoms with E-state index in [1.165, 1.54) is 0 Å². The van der Waals surface area contributed by atoms with Crippen molar-refractivity contribution in [1.82, 2.24) is 0 Å². The van der Waals surface area contributed by atoms with E-state index in [1.54, 1.807) is 0 Å². The van der Waals surface area contributed by atoms with Crippen LogP contribution in [0.3, 0.4) is 0 Å². The number of hydrogen-bond acceptors (Lipinski definition) is 8. The van der Waals surface area contributed by atoms with Gasteiger partial charge in [0.05, 0.1) is 0 Å². The van der Waals surface area contributed by atoms with Crippen LogP contribution >= 0.6 is 15.6 Å². The molecule has 0 aromatic rings. The molecule has 0 unspecified atom stereocenters. The van der Waals surface area contributed by atoms with E-state index in [9.17, 15) is 0 Å². The molecule has 0 aromatic carbocycles. The molecule has 0 spiro atoms. The monoisotopic (exact) mass is 451 g/mol. The average molecular weight is 455 g/mol. The summed E-state index contributed by atoms with van der Waals surface area (Å²) in [5.41, 5.74) is 0. The van der Waals surface area contributed by atoms with Gasteiger partial charge in [-0.3, -0.25) is 0 Å². The summed E-state index contributed by atoms with van der Waals surface area (Å²) in [5, 5.41) is 0. The zero-order valence-corrected chi connectivity index (χ0v) is 18.7. The first-order valence-corrected chi connectivity index (χ1v) is 4.38. The van der Waals surface area contributed by atoms with Gasteiger partial charge in [0.15, 0.2) is 0 Å². The molecule has 0 N–H and O–H groups in total. The van der Waals surface area contributed by atoms with E-state index in [4.69, 9.17) is 38.5 Å². The van der Waals surface area contributed by atoms with E-state index >= 15 is 0 Å². The molecule has 15 heteroatoms. The van der Waals surface area contributed by atoms with E-state index < -0.39 is 15.6 Å². The first kappa shape index (κ1) is 42.8. The molecule has 0 aromatic heterocycles. The van der Waals surface area contributed by atoms with Crippen molar-refractivity contribution in [2.75, 3.05) is 0 Å². The fourth-order valence-corrected chi connectivity index (χ4v) is 0. The third-order valence-corrected chi connectivity index (χ3v) is 0. The molecule has 0 rings (SSSR count). The molecular formula is H2AlCaO8P2Zn3. The fraction of sp³-hybridized carbons (Fsp3) is 0. The summed E-state index contributed by atoms with van der Waals surface area (Å²) < 4.78 is 17.1. The Bertz CT molecular complexity index is 140. The van der Waals surface area contributed by atoms with Crippen LogP contribution in [0.1, 0.15) is 0 Å². The van der Waals surface area contributed by atoms with Crippen LogP contribution in [0.5, 0.6) is 0 Å². The third kappa shape index (κ3) is 299. The van der Waals surface area contributed by atoms with Crippen molar-refractivity contribution in [1.29, 1.82) is 0 Å². The van der Waals surface area contributed by atoms with Crippen LogP contribution in [0.4, 0.5) is 0 Å². The van der Waals surface area contributed by atoms with Crippen LogP contribution in [-0.2, 0) is 67.6 Å². The van der Waals surface area contributed by atoms with E-state index in [2.05, 4.69) is 0 Å². The molecule has 0 aliphatic carbocycles. The van der Waals surface area contributed by atoms with Crippen LogP contribution in [0.2, 0.25) is 0 Å². The standard InChI is InChI=1S/Al.Ca.2H3O4P.3Zn.2H/c;;2*1-5(2,3)4;;;;;/h;;2*(H3,1,2,3,4);;;;;/q;;;;3*+2;;/p-6. The Kier molecular flexibility index (Phi) is 57.6. The van der Waals surface area contributed by atoms with Crippen molar-refractivity contribution in [2.45, 2.75) is 0 Å². The fourth-order valence-electron chi connectivity index (χ4n) is 0. The second-order valence-electron chi connectivity index (χ2n) is 0.894. The summed E-state index contributed by atoms with van der Waals surface area (Å²) >= 11 is 0. The van der Waals surface area contributed by atoms with Gasteiger partial charge in [0.1, 0.15) is 0 Å². The minimum absolute atomic E-state index is 0. The maximum atomic E-state index is 8.55. The van der Waals surface area contributed by atoms with Crippen molar-refractivity contribution in [3.05, 3.63) is 0 Å². The van der Waals surface area contributed by atoms with Crippen LogP contribution in [0, 0.1) is 0 Å². The summed E-state index contributed by atoms with van der Waals surface area (Å²) in [5.74, 6) is 0. The largest absolute Gasteiger partial charge is 2.00 e. The molecule has 0 aliphatic rings. The van der Waals surface area contributed by atoms with Gasteiger partial charge in [0, 0.05) is 17.4 Å². The van der Waals surface area contributed by atoms with Crippen LogP contribution in [0.15, 0.2) is 0 Å². The molecule has 0 fully saturated rings. The number of rotatable bonds is 0. The molecule has 0 bridgehead atoms. The van der Waals surface area contributed by atoms with Gasteiger partial charge < -0.3 is 38.5 Å². The van der Waals surface area contributed by atoms with E-state index in [0.29, 0.717) is 0 Å². The molecule has 0 atom stereocenters. The van der Waals surface area contributed by atoms with Crippen molar-refractivity contribution in [3.8, 4) is 0 Å². The summed E-state index contributed by atoms with van der Waals surface area (Å²) in [7, 11) is -10.8. The van der Waals surface area contributed by atoms with Crippen LogP contribution in [-0.4, -0.2) is 55.1 Å². The summed E-state index contributed by atoms with van der Waals surface area (Å²) in [6, 6.07) is 0. The van der Waals surface area contributed by atoms with Gasteiger partial charge in [-0.1, -0.05) is 0 Å². The molecule has 0 amide bonds. The topological polar surface area (TPSA) is 172 Å². The first-order chi connectivity index (χ1) is 4.00. The summed E-state index contributed by atoms with van der Waals surface area (Å²) in [6.45, 7) is 0. The normalized spacial score (nSPS) is 7.87. The molecule has 8 nitrogen and oxygen atoms in total. The van der Waals surface area contributed by atoms with Gasteiger partial charge in [0.2, 0.25) is 0 Å². The molecule has 3 radical (unpaired) electrons. The predicted molar refractivity (Wildman–Crippen MR) is 29.5 cm³/mol.